The van der Waals surface area contributed by atoms with Crippen molar-refractivity contribution in [3.05, 3.63) is 0 Å². The van der Waals surface area contributed by atoms with Gasteiger partial charge in [0.25, 0.3) is 0 Å². The van der Waals surface area contributed by atoms with Crippen LogP contribution in [0.5, 0.6) is 0 Å². The van der Waals surface area contributed by atoms with Crippen LogP contribution in [0.25, 0.3) is 0 Å². The fraction of sp³-hybridized carbons (Fsp3) is 0.867. The monoisotopic (exact) mass is 284 g/mol. The molecule has 116 valence electrons. The minimum atomic E-state index is -0.795. The van der Waals surface area contributed by atoms with E-state index in [0.29, 0.717) is 37.8 Å². The topological polar surface area (TPSA) is 83.6 Å². The molecule has 0 bridgehead atoms. The van der Waals surface area contributed by atoms with Crippen LogP contribution in [0.1, 0.15) is 46.5 Å². The third-order valence-electron chi connectivity index (χ3n) is 4.60. The van der Waals surface area contributed by atoms with Gasteiger partial charge in [-0.3, -0.25) is 9.59 Å². The first-order valence-corrected chi connectivity index (χ1v) is 7.60. The lowest BCUT2D eigenvalue weighted by Crippen LogP contribution is -2.37. The van der Waals surface area contributed by atoms with E-state index in [1.165, 1.54) is 0 Å². The Labute approximate surface area is 121 Å². The smallest absolute Gasteiger partial charge is 0.308 e. The number of aliphatic carboxylic acids is 1. The molecule has 3 unspecified atom stereocenters. The zero-order valence-corrected chi connectivity index (χ0v) is 12.8. The predicted octanol–water partition coefficient (Wildman–Crippen LogP) is 1.71. The van der Waals surface area contributed by atoms with Gasteiger partial charge in [0.1, 0.15) is 0 Å². The summed E-state index contributed by atoms with van der Waals surface area (Å²) >= 11 is 0. The Morgan fingerprint density at radius 1 is 1.35 bits per heavy atom. The number of nitrogens with zero attached hydrogens (tertiary/aromatic N) is 1. The van der Waals surface area contributed by atoms with Gasteiger partial charge in [-0.05, 0) is 44.6 Å². The lowest BCUT2D eigenvalue weighted by atomic mass is 9.88. The molecular weight excluding hydrogens is 256 g/mol. The zero-order chi connectivity index (χ0) is 15.3. The quantitative estimate of drug-likeness (QED) is 0.745. The molecule has 1 aliphatic rings. The summed E-state index contributed by atoms with van der Waals surface area (Å²) in [5, 5.41) is 9.09. The number of carbonyl (C=O) groups is 2. The lowest BCUT2D eigenvalue weighted by Gasteiger charge is -2.25. The molecule has 1 rings (SSSR count). The molecule has 0 aromatic rings. The Hall–Kier alpha value is -1.10. The molecule has 1 fully saturated rings. The van der Waals surface area contributed by atoms with E-state index in [2.05, 4.69) is 13.8 Å². The van der Waals surface area contributed by atoms with E-state index in [4.69, 9.17) is 10.8 Å². The van der Waals surface area contributed by atoms with E-state index in [1.807, 2.05) is 6.92 Å². The van der Waals surface area contributed by atoms with Gasteiger partial charge >= 0.3 is 5.97 Å². The molecule has 0 aromatic carbocycles. The minimum absolute atomic E-state index is 0.0870. The molecule has 1 saturated heterocycles. The van der Waals surface area contributed by atoms with Gasteiger partial charge in [-0.15, -0.1) is 0 Å². The van der Waals surface area contributed by atoms with Gasteiger partial charge < -0.3 is 15.7 Å². The van der Waals surface area contributed by atoms with Crippen molar-refractivity contribution in [1.29, 1.82) is 0 Å². The predicted molar refractivity (Wildman–Crippen MR) is 78.2 cm³/mol. The van der Waals surface area contributed by atoms with Crippen molar-refractivity contribution < 1.29 is 14.7 Å². The van der Waals surface area contributed by atoms with E-state index in [-0.39, 0.29) is 11.9 Å². The van der Waals surface area contributed by atoms with Gasteiger partial charge in [0, 0.05) is 19.0 Å². The van der Waals surface area contributed by atoms with Gasteiger partial charge in [-0.2, -0.15) is 0 Å². The van der Waals surface area contributed by atoms with Crippen LogP contribution >= 0.6 is 0 Å². The number of carboxylic acids is 1. The molecule has 0 spiro atoms. The normalized spacial score (nSPS) is 24.1. The number of carboxylic acid groups (broad SMARTS) is 1. The van der Waals surface area contributed by atoms with Crippen LogP contribution in [0, 0.1) is 17.8 Å². The van der Waals surface area contributed by atoms with Gasteiger partial charge in [0.15, 0.2) is 0 Å². The second kappa shape index (κ2) is 7.62. The second-order valence-electron chi connectivity index (χ2n) is 6.18. The van der Waals surface area contributed by atoms with Crippen LogP contribution in [-0.2, 0) is 9.59 Å². The van der Waals surface area contributed by atoms with Crippen molar-refractivity contribution in [3.8, 4) is 0 Å². The van der Waals surface area contributed by atoms with Crippen molar-refractivity contribution in [2.75, 3.05) is 13.1 Å². The minimum Gasteiger partial charge on any atom is -0.481 e. The summed E-state index contributed by atoms with van der Waals surface area (Å²) in [6.07, 6.45) is 2.85. The lowest BCUT2D eigenvalue weighted by molar-refractivity contribution is -0.143. The number of hydrogen-bond acceptors (Lipinski definition) is 3. The largest absolute Gasteiger partial charge is 0.481 e. The van der Waals surface area contributed by atoms with E-state index < -0.39 is 11.9 Å². The first-order valence-electron chi connectivity index (χ1n) is 7.60. The summed E-state index contributed by atoms with van der Waals surface area (Å²) in [6.45, 7) is 7.37. The summed E-state index contributed by atoms with van der Waals surface area (Å²) in [7, 11) is 0. The van der Waals surface area contributed by atoms with Crippen LogP contribution in [0.4, 0.5) is 0 Å². The van der Waals surface area contributed by atoms with Crippen LogP contribution in [0.2, 0.25) is 0 Å². The van der Waals surface area contributed by atoms with Crippen molar-refractivity contribution in [2.45, 2.75) is 52.5 Å². The Bertz CT molecular complexity index is 344. The molecule has 5 heteroatoms. The Morgan fingerprint density at radius 2 is 2.00 bits per heavy atom. The zero-order valence-electron chi connectivity index (χ0n) is 12.8. The highest BCUT2D eigenvalue weighted by atomic mass is 16.4. The molecule has 1 amide bonds. The van der Waals surface area contributed by atoms with E-state index in [1.54, 1.807) is 4.90 Å². The standard InChI is InChI=1S/C15H28N2O3/c1-10(2)12(6-8-16)4-5-14(18)17-9-7-13(11(17)3)15(19)20/h10-13H,4-9,16H2,1-3H3,(H,19,20). The SMILES string of the molecule is CC(C)C(CCN)CCC(=O)N1CCC(C(=O)O)C1C. The van der Waals surface area contributed by atoms with Gasteiger partial charge in [-0.1, -0.05) is 13.8 Å². The maximum Gasteiger partial charge on any atom is 0.308 e. The molecule has 1 aliphatic heterocycles. The average Bonchev–Trinajstić information content (AvgIpc) is 2.75. The number of carbonyl (C=O) groups excluding carboxylic acids is 1. The summed E-state index contributed by atoms with van der Waals surface area (Å²) in [5.74, 6) is -0.130. The molecule has 1 heterocycles. The Morgan fingerprint density at radius 3 is 2.45 bits per heavy atom. The molecular formula is C15H28N2O3. The number of hydrogen-bond donors (Lipinski definition) is 2. The van der Waals surface area contributed by atoms with Crippen molar-refractivity contribution >= 4 is 11.9 Å². The first-order chi connectivity index (χ1) is 9.38. The molecule has 20 heavy (non-hydrogen) atoms. The number of likely N-dealkylation sites (tertiary alicyclic amines) is 1. The Balaban J connectivity index is 2.49. The number of amides is 1. The van der Waals surface area contributed by atoms with Gasteiger partial charge in [-0.25, -0.2) is 0 Å². The average molecular weight is 284 g/mol. The van der Waals surface area contributed by atoms with E-state index in [9.17, 15) is 9.59 Å². The Kier molecular flexibility index (Phi) is 6.46. The molecule has 3 atom stereocenters. The third kappa shape index (κ3) is 4.20. The van der Waals surface area contributed by atoms with E-state index >= 15 is 0 Å². The first kappa shape index (κ1) is 17.0. The maximum absolute atomic E-state index is 12.3. The molecule has 3 N–H and O–H groups in total. The van der Waals surface area contributed by atoms with Crippen LogP contribution < -0.4 is 5.73 Å². The van der Waals surface area contributed by atoms with Crippen LogP contribution in [0.3, 0.4) is 0 Å². The molecule has 0 aromatic heterocycles. The number of nitrogens with two attached hydrogens (primary N) is 1. The second-order valence-corrected chi connectivity index (χ2v) is 6.18. The molecule has 5 nitrogen and oxygen atoms in total. The van der Waals surface area contributed by atoms with Crippen LogP contribution in [-0.4, -0.2) is 41.0 Å². The van der Waals surface area contributed by atoms with Crippen molar-refractivity contribution in [1.82, 2.24) is 4.90 Å². The summed E-state index contributed by atoms with van der Waals surface area (Å²) in [6, 6.07) is -0.188. The summed E-state index contributed by atoms with van der Waals surface area (Å²) in [4.78, 5) is 25.1. The summed E-state index contributed by atoms with van der Waals surface area (Å²) in [5.41, 5.74) is 5.61. The molecule has 0 radical (unpaired) electrons. The van der Waals surface area contributed by atoms with Gasteiger partial charge in [0.2, 0.25) is 5.91 Å². The molecule has 0 saturated carbocycles. The van der Waals surface area contributed by atoms with Crippen molar-refractivity contribution in [2.24, 2.45) is 23.5 Å². The van der Waals surface area contributed by atoms with Gasteiger partial charge in [0.05, 0.1) is 5.92 Å². The fourth-order valence-electron chi connectivity index (χ4n) is 3.10. The highest BCUT2D eigenvalue weighted by Crippen LogP contribution is 2.27. The third-order valence-corrected chi connectivity index (χ3v) is 4.60. The number of rotatable bonds is 7. The molecule has 0 aliphatic carbocycles. The highest BCUT2D eigenvalue weighted by molar-refractivity contribution is 5.79. The highest BCUT2D eigenvalue weighted by Gasteiger charge is 2.37. The van der Waals surface area contributed by atoms with E-state index in [0.717, 1.165) is 12.8 Å². The fourth-order valence-corrected chi connectivity index (χ4v) is 3.10. The summed E-state index contributed by atoms with van der Waals surface area (Å²) < 4.78 is 0. The van der Waals surface area contributed by atoms with Crippen molar-refractivity contribution in [3.63, 3.8) is 0 Å². The maximum atomic E-state index is 12.3. The van der Waals surface area contributed by atoms with Crippen LogP contribution in [0.15, 0.2) is 0 Å².